The van der Waals surface area contributed by atoms with E-state index in [9.17, 15) is 9.90 Å². The van der Waals surface area contributed by atoms with E-state index in [4.69, 9.17) is 17.3 Å². The van der Waals surface area contributed by atoms with Crippen molar-refractivity contribution in [2.45, 2.75) is 25.8 Å². The molecule has 1 aliphatic heterocycles. The number of phenolic OH excluding ortho intramolecular Hbond substituents is 1. The Morgan fingerprint density at radius 2 is 2.32 bits per heavy atom. The predicted octanol–water partition coefficient (Wildman–Crippen LogP) is 2.25. The molecular weight excluding hydrogens is 264 g/mol. The Morgan fingerprint density at radius 3 is 3.00 bits per heavy atom. The molecule has 1 fully saturated rings. The number of benzene rings is 1. The Balaban J connectivity index is 2.17. The summed E-state index contributed by atoms with van der Waals surface area (Å²) in [6.07, 6.45) is 1.99. The van der Waals surface area contributed by atoms with E-state index in [1.807, 2.05) is 6.92 Å². The average molecular weight is 283 g/mol. The molecule has 1 aromatic carbocycles. The van der Waals surface area contributed by atoms with Gasteiger partial charge >= 0.3 is 0 Å². The van der Waals surface area contributed by atoms with E-state index in [1.165, 1.54) is 12.1 Å². The average Bonchev–Trinajstić information content (AvgIpc) is 2.41. The van der Waals surface area contributed by atoms with Crippen molar-refractivity contribution < 1.29 is 9.90 Å². The van der Waals surface area contributed by atoms with E-state index in [0.29, 0.717) is 24.0 Å². The lowest BCUT2D eigenvalue weighted by molar-refractivity contribution is 0.0658. The Bertz CT molecular complexity index is 477. The molecule has 5 heteroatoms. The first-order valence-corrected chi connectivity index (χ1v) is 6.90. The van der Waals surface area contributed by atoms with Gasteiger partial charge < -0.3 is 15.7 Å². The van der Waals surface area contributed by atoms with Crippen molar-refractivity contribution in [2.24, 2.45) is 11.7 Å². The second-order valence-corrected chi connectivity index (χ2v) is 5.61. The van der Waals surface area contributed by atoms with Crippen molar-refractivity contribution in [3.05, 3.63) is 28.8 Å². The molecule has 2 atom stereocenters. The fraction of sp³-hybridized carbons (Fsp3) is 0.500. The molecule has 0 radical (unpaired) electrons. The number of carbonyl (C=O) groups is 1. The molecule has 104 valence electrons. The predicted molar refractivity (Wildman–Crippen MR) is 75.4 cm³/mol. The zero-order valence-corrected chi connectivity index (χ0v) is 11.7. The van der Waals surface area contributed by atoms with Gasteiger partial charge in [0.1, 0.15) is 5.75 Å². The summed E-state index contributed by atoms with van der Waals surface area (Å²) in [7, 11) is 0. The summed E-state index contributed by atoms with van der Waals surface area (Å²) >= 11 is 5.88. The minimum atomic E-state index is -0.176. The largest absolute Gasteiger partial charge is 0.507 e. The molecule has 1 aliphatic rings. The van der Waals surface area contributed by atoms with Crippen LogP contribution in [0.2, 0.25) is 5.02 Å². The van der Waals surface area contributed by atoms with Crippen LogP contribution >= 0.6 is 11.6 Å². The third kappa shape index (κ3) is 3.19. The number of amides is 1. The van der Waals surface area contributed by atoms with Crippen LogP contribution in [0.1, 0.15) is 30.1 Å². The molecule has 3 N–H and O–H groups in total. The molecule has 1 amide bonds. The molecule has 4 nitrogen and oxygen atoms in total. The highest BCUT2D eigenvalue weighted by Crippen LogP contribution is 2.26. The van der Waals surface area contributed by atoms with E-state index < -0.39 is 0 Å². The van der Waals surface area contributed by atoms with Crippen LogP contribution in [-0.4, -0.2) is 35.0 Å². The van der Waals surface area contributed by atoms with E-state index in [2.05, 4.69) is 0 Å². The number of halogens is 1. The van der Waals surface area contributed by atoms with Gasteiger partial charge in [-0.3, -0.25) is 4.79 Å². The molecule has 0 aliphatic carbocycles. The summed E-state index contributed by atoms with van der Waals surface area (Å²) in [5, 5.41) is 10.2. The van der Waals surface area contributed by atoms with Crippen LogP contribution in [0.15, 0.2) is 18.2 Å². The van der Waals surface area contributed by atoms with E-state index >= 15 is 0 Å². The zero-order chi connectivity index (χ0) is 14.0. The lowest BCUT2D eigenvalue weighted by Crippen LogP contribution is -2.45. The maximum absolute atomic E-state index is 12.4. The third-order valence-electron chi connectivity index (χ3n) is 3.68. The van der Waals surface area contributed by atoms with Gasteiger partial charge in [0.25, 0.3) is 5.91 Å². The Morgan fingerprint density at radius 1 is 1.58 bits per heavy atom. The minimum absolute atomic E-state index is 0.0303. The minimum Gasteiger partial charge on any atom is -0.507 e. The van der Waals surface area contributed by atoms with Gasteiger partial charge in [-0.05, 0) is 43.9 Å². The number of piperidine rings is 1. The van der Waals surface area contributed by atoms with Crippen molar-refractivity contribution in [1.29, 1.82) is 0 Å². The zero-order valence-electron chi connectivity index (χ0n) is 11.0. The van der Waals surface area contributed by atoms with Crippen LogP contribution in [0.3, 0.4) is 0 Å². The molecule has 0 aromatic heterocycles. The number of nitrogens with zero attached hydrogens (tertiary/aromatic N) is 1. The van der Waals surface area contributed by atoms with E-state index in [-0.39, 0.29) is 23.3 Å². The molecule has 0 spiro atoms. The quantitative estimate of drug-likeness (QED) is 0.874. The number of carbonyl (C=O) groups excluding carboxylic acids is 1. The van der Waals surface area contributed by atoms with Crippen LogP contribution in [-0.2, 0) is 0 Å². The van der Waals surface area contributed by atoms with Gasteiger partial charge in [0.2, 0.25) is 0 Å². The summed E-state index contributed by atoms with van der Waals surface area (Å²) in [6, 6.07) is 4.59. The van der Waals surface area contributed by atoms with Crippen molar-refractivity contribution in [3.8, 4) is 5.75 Å². The maximum Gasteiger partial charge on any atom is 0.257 e. The molecule has 2 unspecified atom stereocenters. The van der Waals surface area contributed by atoms with Gasteiger partial charge in [0, 0.05) is 24.2 Å². The number of rotatable bonds is 2. The number of phenols is 1. The Labute approximate surface area is 118 Å². The molecule has 0 bridgehead atoms. The van der Waals surface area contributed by atoms with Gasteiger partial charge in [0.15, 0.2) is 0 Å². The van der Waals surface area contributed by atoms with Gasteiger partial charge in [-0.25, -0.2) is 0 Å². The summed E-state index contributed by atoms with van der Waals surface area (Å²) in [5.41, 5.74) is 6.18. The molecule has 0 saturated carbocycles. The first-order chi connectivity index (χ1) is 8.99. The first kappa shape index (κ1) is 14.2. The third-order valence-corrected chi connectivity index (χ3v) is 3.91. The molecular formula is C14H19ClN2O2. The number of likely N-dealkylation sites (tertiary alicyclic amines) is 1. The van der Waals surface area contributed by atoms with Crippen LogP contribution in [0, 0.1) is 5.92 Å². The van der Waals surface area contributed by atoms with Crippen LogP contribution in [0.4, 0.5) is 0 Å². The number of hydrogen-bond acceptors (Lipinski definition) is 3. The van der Waals surface area contributed by atoms with Crippen molar-refractivity contribution in [1.82, 2.24) is 4.90 Å². The van der Waals surface area contributed by atoms with Gasteiger partial charge in [-0.2, -0.15) is 0 Å². The second-order valence-electron chi connectivity index (χ2n) is 5.17. The molecule has 1 aromatic rings. The maximum atomic E-state index is 12.4. The summed E-state index contributed by atoms with van der Waals surface area (Å²) in [5.74, 6) is 0.113. The van der Waals surface area contributed by atoms with Gasteiger partial charge in [0.05, 0.1) is 5.56 Å². The van der Waals surface area contributed by atoms with E-state index in [0.717, 1.165) is 12.8 Å². The Kier molecular flexibility index (Phi) is 4.32. The van der Waals surface area contributed by atoms with Crippen LogP contribution < -0.4 is 5.73 Å². The summed E-state index contributed by atoms with van der Waals surface area (Å²) in [4.78, 5) is 14.2. The number of aromatic hydroxyl groups is 1. The number of nitrogens with two attached hydrogens (primary N) is 1. The van der Waals surface area contributed by atoms with Gasteiger partial charge in [-0.1, -0.05) is 11.6 Å². The van der Waals surface area contributed by atoms with Crippen LogP contribution in [0.5, 0.6) is 5.75 Å². The Hall–Kier alpha value is -1.26. The molecule has 2 rings (SSSR count). The molecule has 1 saturated heterocycles. The normalized spacial score (nSPS) is 21.2. The molecule has 1 heterocycles. The highest BCUT2D eigenvalue weighted by molar-refractivity contribution is 6.31. The monoisotopic (exact) mass is 282 g/mol. The second kappa shape index (κ2) is 5.80. The smallest absolute Gasteiger partial charge is 0.257 e. The lowest BCUT2D eigenvalue weighted by Gasteiger charge is -2.34. The number of hydrogen-bond donors (Lipinski definition) is 2. The SMILES string of the molecule is CC(N)C1CCCN(C(=O)c2cc(Cl)ccc2O)C1. The van der Waals surface area contributed by atoms with Crippen molar-refractivity contribution >= 4 is 17.5 Å². The van der Waals surface area contributed by atoms with Crippen LogP contribution in [0.25, 0.3) is 0 Å². The fourth-order valence-electron chi connectivity index (χ4n) is 2.47. The van der Waals surface area contributed by atoms with E-state index in [1.54, 1.807) is 11.0 Å². The topological polar surface area (TPSA) is 66.6 Å². The highest BCUT2D eigenvalue weighted by Gasteiger charge is 2.27. The van der Waals surface area contributed by atoms with Crippen molar-refractivity contribution in [2.75, 3.05) is 13.1 Å². The lowest BCUT2D eigenvalue weighted by atomic mass is 9.92. The summed E-state index contributed by atoms with van der Waals surface area (Å²) in [6.45, 7) is 3.31. The standard InChI is InChI=1S/C14H19ClN2O2/c1-9(16)10-3-2-6-17(8-10)14(19)12-7-11(15)4-5-13(12)18/h4-5,7,9-10,18H,2-3,6,8,16H2,1H3. The van der Waals surface area contributed by atoms with Gasteiger partial charge in [-0.15, -0.1) is 0 Å². The highest BCUT2D eigenvalue weighted by atomic mass is 35.5. The van der Waals surface area contributed by atoms with Crippen molar-refractivity contribution in [3.63, 3.8) is 0 Å². The summed E-state index contributed by atoms with van der Waals surface area (Å²) < 4.78 is 0. The fourth-order valence-corrected chi connectivity index (χ4v) is 2.65. The molecule has 19 heavy (non-hydrogen) atoms. The first-order valence-electron chi connectivity index (χ1n) is 6.52.